The summed E-state index contributed by atoms with van der Waals surface area (Å²) in [4.78, 5) is 32.3. The number of fused-ring (bicyclic) bond motifs is 2. The van der Waals surface area contributed by atoms with Crippen molar-refractivity contribution in [3.63, 3.8) is 0 Å². The Morgan fingerprint density at radius 3 is 1.82 bits per heavy atom. The molecule has 0 saturated carbocycles. The molecule has 8 rings (SSSR count). The van der Waals surface area contributed by atoms with Crippen LogP contribution in [0.1, 0.15) is 36.8 Å². The summed E-state index contributed by atoms with van der Waals surface area (Å²) in [5.74, 6) is -0.272. The average molecular weight is 803 g/mol. The number of nitrogens with zero attached hydrogens (tertiary/aromatic N) is 3. The van der Waals surface area contributed by atoms with Crippen molar-refractivity contribution in [2.24, 2.45) is 0 Å². The molecule has 0 bridgehead atoms. The lowest BCUT2D eigenvalue weighted by Crippen LogP contribution is -2.24. The van der Waals surface area contributed by atoms with Crippen molar-refractivity contribution >= 4 is 94.1 Å². The number of halogens is 5. The molecule has 6 aromatic rings. The zero-order valence-corrected chi connectivity index (χ0v) is 30.7. The Hall–Kier alpha value is -3.48. The Morgan fingerprint density at radius 1 is 0.796 bits per heavy atom. The third kappa shape index (κ3) is 8.13. The van der Waals surface area contributed by atoms with Crippen molar-refractivity contribution in [1.29, 1.82) is 0 Å². The molecule has 1 N–H and O–H groups in total. The molecular formula is C36H29BrCl2F2N4O2S2. The summed E-state index contributed by atoms with van der Waals surface area (Å²) < 4.78 is 31.7. The van der Waals surface area contributed by atoms with E-state index in [0.29, 0.717) is 73.7 Å². The van der Waals surface area contributed by atoms with Crippen LogP contribution in [0.15, 0.2) is 71.7 Å². The summed E-state index contributed by atoms with van der Waals surface area (Å²) in [7, 11) is 0. The van der Waals surface area contributed by atoms with E-state index >= 15 is 4.39 Å². The number of rotatable bonds is 5. The van der Waals surface area contributed by atoms with Crippen LogP contribution in [-0.2, 0) is 21.5 Å². The number of likely N-dealkylation sites (tertiary alicyclic amines) is 1. The zero-order chi connectivity index (χ0) is 34.5. The Balaban J connectivity index is 0.000000148. The lowest BCUT2D eigenvalue weighted by molar-refractivity contribution is -0.128. The minimum Gasteiger partial charge on any atom is -0.356 e. The number of amides is 2. The zero-order valence-electron chi connectivity index (χ0n) is 25.9. The first-order chi connectivity index (χ1) is 23.7. The molecule has 2 amide bonds. The van der Waals surface area contributed by atoms with Crippen LogP contribution >= 0.6 is 61.8 Å². The van der Waals surface area contributed by atoms with Crippen LogP contribution in [0.5, 0.6) is 0 Å². The highest BCUT2D eigenvalue weighted by atomic mass is 79.9. The highest BCUT2D eigenvalue weighted by Crippen LogP contribution is 2.37. The van der Waals surface area contributed by atoms with Gasteiger partial charge < -0.3 is 10.2 Å². The fourth-order valence-corrected chi connectivity index (χ4v) is 8.02. The molecule has 2 aliphatic heterocycles. The monoisotopic (exact) mass is 800 g/mol. The first-order valence-electron chi connectivity index (χ1n) is 15.4. The van der Waals surface area contributed by atoms with E-state index in [1.807, 2.05) is 30.3 Å². The molecule has 2 aromatic heterocycles. The fourth-order valence-electron chi connectivity index (χ4n) is 5.73. The topological polar surface area (TPSA) is 75.2 Å². The largest absolute Gasteiger partial charge is 0.356 e. The number of hydrogen-bond donors (Lipinski definition) is 1. The van der Waals surface area contributed by atoms with E-state index < -0.39 is 0 Å². The summed E-state index contributed by atoms with van der Waals surface area (Å²) in [6.07, 6.45) is 3.15. The number of carbonyl (C=O) groups is 2. The van der Waals surface area contributed by atoms with E-state index in [9.17, 15) is 14.0 Å². The van der Waals surface area contributed by atoms with Gasteiger partial charge in [0.2, 0.25) is 11.8 Å². The van der Waals surface area contributed by atoms with Crippen molar-refractivity contribution < 1.29 is 18.4 Å². The van der Waals surface area contributed by atoms with Crippen molar-refractivity contribution in [2.75, 3.05) is 13.1 Å². The predicted molar refractivity (Wildman–Crippen MR) is 200 cm³/mol. The quantitative estimate of drug-likeness (QED) is 0.176. The lowest BCUT2D eigenvalue weighted by atomic mass is 10.0. The van der Waals surface area contributed by atoms with Gasteiger partial charge in [0.15, 0.2) is 0 Å². The summed E-state index contributed by atoms with van der Waals surface area (Å²) in [6.45, 7) is 1.87. The van der Waals surface area contributed by atoms with E-state index in [1.54, 1.807) is 46.3 Å². The van der Waals surface area contributed by atoms with Crippen LogP contribution in [0.2, 0.25) is 10.0 Å². The molecule has 0 aliphatic carbocycles. The number of alkyl halides is 1. The first-order valence-corrected chi connectivity index (χ1v) is 19.1. The fraction of sp³-hybridized carbons (Fsp3) is 0.222. The highest BCUT2D eigenvalue weighted by Gasteiger charge is 2.24. The number of nitrogens with one attached hydrogen (secondary N) is 1. The van der Waals surface area contributed by atoms with E-state index in [0.717, 1.165) is 40.8 Å². The van der Waals surface area contributed by atoms with Gasteiger partial charge in [-0.05, 0) is 60.4 Å². The minimum atomic E-state index is -0.324. The Bertz CT molecular complexity index is 2150. The standard InChI is InChI=1S/C18H14ClFN2OS.C14H8BrClFNS.C4H7NO/c19-13-4-1-3-11(7-13)16-17(20)12(8-14-18(16)21-10-24-14)9-22-6-2-5-15(22)23;15-6-9-5-11-14(18-7-19-11)12(13(9)17)8-2-1-3-10(16)4-8;6-4-2-1-3-5-4/h1,3-4,7-8,10H,2,5-6,9H2;1-5,7H,6H2;1-3H2,(H,5,6). The van der Waals surface area contributed by atoms with Crippen molar-refractivity contribution in [3.8, 4) is 22.3 Å². The molecule has 2 aliphatic rings. The maximum Gasteiger partial charge on any atom is 0.222 e. The van der Waals surface area contributed by atoms with Crippen LogP contribution < -0.4 is 5.32 Å². The van der Waals surface area contributed by atoms with Crippen molar-refractivity contribution in [1.82, 2.24) is 20.2 Å². The Labute approximate surface area is 308 Å². The van der Waals surface area contributed by atoms with Gasteiger partial charge in [0, 0.05) is 70.1 Å². The maximum atomic E-state index is 15.3. The molecule has 0 unspecified atom stereocenters. The van der Waals surface area contributed by atoms with Gasteiger partial charge in [0.1, 0.15) is 11.6 Å². The van der Waals surface area contributed by atoms with Gasteiger partial charge in [-0.2, -0.15) is 0 Å². The number of carbonyl (C=O) groups excluding carboxylic acids is 2. The minimum absolute atomic E-state index is 0.0862. The van der Waals surface area contributed by atoms with Gasteiger partial charge in [-0.25, -0.2) is 18.7 Å². The summed E-state index contributed by atoms with van der Waals surface area (Å²) in [6, 6.07) is 18.0. The van der Waals surface area contributed by atoms with E-state index in [1.165, 1.54) is 22.7 Å². The van der Waals surface area contributed by atoms with Crippen LogP contribution in [0, 0.1) is 11.6 Å². The summed E-state index contributed by atoms with van der Waals surface area (Å²) >= 11 is 18.4. The van der Waals surface area contributed by atoms with Gasteiger partial charge in [0.25, 0.3) is 0 Å². The average Bonchev–Trinajstić information content (AvgIpc) is 3.92. The molecule has 6 nitrogen and oxygen atoms in total. The smallest absolute Gasteiger partial charge is 0.222 e. The van der Waals surface area contributed by atoms with Gasteiger partial charge in [-0.15, -0.1) is 22.7 Å². The molecule has 0 spiro atoms. The summed E-state index contributed by atoms with van der Waals surface area (Å²) in [5.41, 5.74) is 8.36. The molecule has 4 aromatic carbocycles. The molecule has 252 valence electrons. The molecular weight excluding hydrogens is 773 g/mol. The molecule has 0 radical (unpaired) electrons. The molecule has 2 saturated heterocycles. The maximum absolute atomic E-state index is 15.3. The number of thiazole rings is 2. The van der Waals surface area contributed by atoms with E-state index in [2.05, 4.69) is 31.2 Å². The number of hydrogen-bond acceptors (Lipinski definition) is 6. The molecule has 49 heavy (non-hydrogen) atoms. The third-order valence-corrected chi connectivity index (χ3v) is 10.7. The first kappa shape index (κ1) is 35.3. The van der Waals surface area contributed by atoms with Crippen LogP contribution in [0.25, 0.3) is 42.7 Å². The van der Waals surface area contributed by atoms with Gasteiger partial charge >= 0.3 is 0 Å². The third-order valence-electron chi connectivity index (χ3n) is 8.08. The second kappa shape index (κ2) is 16.0. The normalized spacial score (nSPS) is 14.1. The molecule has 2 fully saturated rings. The molecule has 13 heteroatoms. The Morgan fingerprint density at radius 2 is 1.37 bits per heavy atom. The predicted octanol–water partition coefficient (Wildman–Crippen LogP) is 10.4. The van der Waals surface area contributed by atoms with Crippen molar-refractivity contribution in [2.45, 2.75) is 37.6 Å². The van der Waals surface area contributed by atoms with E-state index in [-0.39, 0.29) is 23.4 Å². The van der Waals surface area contributed by atoms with Crippen molar-refractivity contribution in [3.05, 3.63) is 104 Å². The lowest BCUT2D eigenvalue weighted by Gasteiger charge is -2.17. The highest BCUT2D eigenvalue weighted by molar-refractivity contribution is 9.08. The summed E-state index contributed by atoms with van der Waals surface area (Å²) in [5, 5.41) is 4.29. The second-order valence-corrected chi connectivity index (χ2v) is 14.6. The molecule has 4 heterocycles. The second-order valence-electron chi connectivity index (χ2n) is 11.4. The number of aromatic nitrogens is 2. The van der Waals surface area contributed by atoms with E-state index in [4.69, 9.17) is 23.2 Å². The van der Waals surface area contributed by atoms with Gasteiger partial charge in [-0.1, -0.05) is 63.4 Å². The van der Waals surface area contributed by atoms with Crippen LogP contribution in [0.4, 0.5) is 8.78 Å². The van der Waals surface area contributed by atoms with Gasteiger partial charge in [0.05, 0.1) is 31.5 Å². The SMILES string of the molecule is Fc1c(CBr)cc2scnc2c1-c1cccc(Cl)c1.O=C1CCCN1.O=C1CCCN1Cc1cc2scnc2c(-c2cccc(Cl)c2)c1F. The number of benzene rings is 4. The van der Waals surface area contributed by atoms with Crippen LogP contribution in [-0.4, -0.2) is 39.8 Å². The Kier molecular flexibility index (Phi) is 11.6. The molecule has 0 atom stereocenters. The van der Waals surface area contributed by atoms with Crippen LogP contribution in [0.3, 0.4) is 0 Å². The van der Waals surface area contributed by atoms with Gasteiger partial charge in [-0.3, -0.25) is 9.59 Å².